The second-order valence-corrected chi connectivity index (χ2v) is 6.03. The summed E-state index contributed by atoms with van der Waals surface area (Å²) in [6.45, 7) is 3.57. The van der Waals surface area contributed by atoms with E-state index in [-0.39, 0.29) is 5.91 Å². The molecule has 5 heteroatoms. The molecule has 1 amide bonds. The topological polar surface area (TPSA) is 64.3 Å². The van der Waals surface area contributed by atoms with Crippen molar-refractivity contribution >= 4 is 29.0 Å². The van der Waals surface area contributed by atoms with Crippen LogP contribution in [0.25, 0.3) is 0 Å². The van der Waals surface area contributed by atoms with Gasteiger partial charge in [-0.2, -0.15) is 0 Å². The van der Waals surface area contributed by atoms with Crippen LogP contribution < -0.4 is 11.1 Å². The lowest BCUT2D eigenvalue weighted by atomic mass is 10.2. The van der Waals surface area contributed by atoms with Crippen LogP contribution in [0.2, 0.25) is 0 Å². The fraction of sp³-hybridized carbons (Fsp3) is 0.500. The van der Waals surface area contributed by atoms with Crippen molar-refractivity contribution in [1.82, 2.24) is 0 Å². The lowest BCUT2D eigenvalue weighted by molar-refractivity contribution is -0.113. The van der Waals surface area contributed by atoms with Crippen LogP contribution in [0, 0.1) is 6.92 Å². The number of carbonyl (C=O) groups is 1. The van der Waals surface area contributed by atoms with Crippen LogP contribution in [0.1, 0.15) is 18.4 Å². The molecule has 1 aromatic rings. The minimum atomic E-state index is 0.0275. The molecular formula is C14H20N2O2S. The molecular weight excluding hydrogens is 260 g/mol. The molecule has 1 heterocycles. The van der Waals surface area contributed by atoms with Gasteiger partial charge in [0.2, 0.25) is 5.91 Å². The summed E-state index contributed by atoms with van der Waals surface area (Å²) >= 11 is 1.71. The molecule has 3 N–H and O–H groups in total. The van der Waals surface area contributed by atoms with E-state index in [1.54, 1.807) is 17.8 Å². The lowest BCUT2D eigenvalue weighted by Crippen LogP contribution is -2.21. The normalized spacial score (nSPS) is 16.3. The van der Waals surface area contributed by atoms with Gasteiger partial charge in [-0.05, 0) is 37.5 Å². The fourth-order valence-corrected chi connectivity index (χ4v) is 2.94. The highest BCUT2D eigenvalue weighted by molar-refractivity contribution is 8.00. The average molecular weight is 280 g/mol. The summed E-state index contributed by atoms with van der Waals surface area (Å²) in [4.78, 5) is 11.8. The summed E-state index contributed by atoms with van der Waals surface area (Å²) < 4.78 is 5.30. The molecule has 1 saturated heterocycles. The van der Waals surface area contributed by atoms with Crippen LogP contribution >= 0.6 is 11.8 Å². The van der Waals surface area contributed by atoms with E-state index >= 15 is 0 Å². The second-order valence-electron chi connectivity index (χ2n) is 4.74. The van der Waals surface area contributed by atoms with Crippen LogP contribution in [0.15, 0.2) is 18.2 Å². The molecule has 2 rings (SSSR count). The molecule has 0 aromatic heterocycles. The predicted molar refractivity (Wildman–Crippen MR) is 80.5 cm³/mol. The third kappa shape index (κ3) is 4.44. The van der Waals surface area contributed by atoms with E-state index in [9.17, 15) is 4.79 Å². The van der Waals surface area contributed by atoms with Crippen LogP contribution in [0.4, 0.5) is 11.4 Å². The van der Waals surface area contributed by atoms with Gasteiger partial charge in [-0.1, -0.05) is 6.07 Å². The number of benzene rings is 1. The molecule has 19 heavy (non-hydrogen) atoms. The van der Waals surface area contributed by atoms with Gasteiger partial charge in [-0.3, -0.25) is 4.79 Å². The maximum Gasteiger partial charge on any atom is 0.234 e. The van der Waals surface area contributed by atoms with Crippen molar-refractivity contribution in [3.8, 4) is 0 Å². The molecule has 1 aromatic carbocycles. The molecule has 0 bridgehead atoms. The number of nitrogens with two attached hydrogens (primary N) is 1. The minimum Gasteiger partial charge on any atom is -0.398 e. The number of anilines is 2. The van der Waals surface area contributed by atoms with E-state index in [0.29, 0.717) is 16.7 Å². The third-order valence-corrected chi connectivity index (χ3v) is 4.55. The highest BCUT2D eigenvalue weighted by Gasteiger charge is 2.15. The zero-order valence-corrected chi connectivity index (χ0v) is 12.0. The van der Waals surface area contributed by atoms with E-state index in [1.165, 1.54) is 0 Å². The average Bonchev–Trinajstić information content (AvgIpc) is 2.42. The number of hydrogen-bond donors (Lipinski definition) is 2. The van der Waals surface area contributed by atoms with Gasteiger partial charge in [-0.15, -0.1) is 11.8 Å². The van der Waals surface area contributed by atoms with Gasteiger partial charge < -0.3 is 15.8 Å². The van der Waals surface area contributed by atoms with Gasteiger partial charge in [-0.25, -0.2) is 0 Å². The SMILES string of the molecule is Cc1ccc(NC(=O)CSC2CCOCC2)cc1N. The summed E-state index contributed by atoms with van der Waals surface area (Å²) in [6.07, 6.45) is 2.07. The summed E-state index contributed by atoms with van der Waals surface area (Å²) in [5.41, 5.74) is 8.31. The molecule has 0 saturated carbocycles. The Morgan fingerprint density at radius 3 is 2.89 bits per heavy atom. The Labute approximate surface area is 118 Å². The summed E-state index contributed by atoms with van der Waals surface area (Å²) in [5.74, 6) is 0.512. The second kappa shape index (κ2) is 6.82. The van der Waals surface area contributed by atoms with Crippen molar-refractivity contribution in [2.24, 2.45) is 0 Å². The van der Waals surface area contributed by atoms with Crippen molar-refractivity contribution in [2.45, 2.75) is 25.0 Å². The number of thioether (sulfide) groups is 1. The first-order chi connectivity index (χ1) is 9.15. The summed E-state index contributed by atoms with van der Waals surface area (Å²) in [6, 6.07) is 5.59. The first kappa shape index (κ1) is 14.2. The number of nitrogens with one attached hydrogen (secondary N) is 1. The van der Waals surface area contributed by atoms with Crippen molar-refractivity contribution in [2.75, 3.05) is 30.0 Å². The highest BCUT2D eigenvalue weighted by Crippen LogP contribution is 2.22. The number of amides is 1. The van der Waals surface area contributed by atoms with Crippen molar-refractivity contribution < 1.29 is 9.53 Å². The van der Waals surface area contributed by atoms with Crippen LogP contribution in [0.3, 0.4) is 0 Å². The first-order valence-corrected chi connectivity index (χ1v) is 7.55. The molecule has 0 aliphatic carbocycles. The number of hydrogen-bond acceptors (Lipinski definition) is 4. The monoisotopic (exact) mass is 280 g/mol. The Morgan fingerprint density at radius 1 is 1.47 bits per heavy atom. The van der Waals surface area contributed by atoms with Crippen LogP contribution in [0.5, 0.6) is 0 Å². The standard InChI is InChI=1S/C14H20N2O2S/c1-10-2-3-11(8-13(10)15)16-14(17)9-19-12-4-6-18-7-5-12/h2-3,8,12H,4-7,9,15H2,1H3,(H,16,17). The Morgan fingerprint density at radius 2 is 2.21 bits per heavy atom. The molecule has 0 atom stereocenters. The highest BCUT2D eigenvalue weighted by atomic mass is 32.2. The Hall–Kier alpha value is -1.20. The van der Waals surface area contributed by atoms with Crippen molar-refractivity contribution in [3.63, 3.8) is 0 Å². The number of carbonyl (C=O) groups excluding carboxylic acids is 1. The Balaban J connectivity index is 1.78. The predicted octanol–water partition coefficient (Wildman–Crippen LogP) is 2.43. The van der Waals surface area contributed by atoms with E-state index < -0.39 is 0 Å². The van der Waals surface area contributed by atoms with E-state index in [4.69, 9.17) is 10.5 Å². The van der Waals surface area contributed by atoms with Crippen LogP contribution in [-0.2, 0) is 9.53 Å². The zero-order chi connectivity index (χ0) is 13.7. The van der Waals surface area contributed by atoms with Crippen LogP contribution in [-0.4, -0.2) is 30.1 Å². The molecule has 1 aliphatic heterocycles. The minimum absolute atomic E-state index is 0.0275. The first-order valence-electron chi connectivity index (χ1n) is 6.50. The number of rotatable bonds is 4. The molecule has 1 fully saturated rings. The van der Waals surface area contributed by atoms with E-state index in [0.717, 1.165) is 37.3 Å². The molecule has 0 radical (unpaired) electrons. The van der Waals surface area contributed by atoms with Gasteiger partial charge in [0, 0.05) is 29.8 Å². The molecule has 104 valence electrons. The summed E-state index contributed by atoms with van der Waals surface area (Å²) in [5, 5.41) is 3.42. The van der Waals surface area contributed by atoms with Gasteiger partial charge in [0.25, 0.3) is 0 Å². The van der Waals surface area contributed by atoms with Crippen molar-refractivity contribution in [1.29, 1.82) is 0 Å². The maximum atomic E-state index is 11.8. The smallest absolute Gasteiger partial charge is 0.234 e. The fourth-order valence-electron chi connectivity index (χ4n) is 1.95. The van der Waals surface area contributed by atoms with Crippen molar-refractivity contribution in [3.05, 3.63) is 23.8 Å². The molecule has 1 aliphatic rings. The van der Waals surface area contributed by atoms with Gasteiger partial charge >= 0.3 is 0 Å². The number of ether oxygens (including phenoxy) is 1. The van der Waals surface area contributed by atoms with E-state index in [2.05, 4.69) is 5.32 Å². The number of aryl methyl sites for hydroxylation is 1. The van der Waals surface area contributed by atoms with Gasteiger partial charge in [0.05, 0.1) is 5.75 Å². The molecule has 0 spiro atoms. The third-order valence-electron chi connectivity index (χ3n) is 3.18. The largest absolute Gasteiger partial charge is 0.398 e. The van der Waals surface area contributed by atoms with Gasteiger partial charge in [0.15, 0.2) is 0 Å². The molecule has 4 nitrogen and oxygen atoms in total. The Kier molecular flexibility index (Phi) is 5.10. The van der Waals surface area contributed by atoms with E-state index in [1.807, 2.05) is 19.1 Å². The quantitative estimate of drug-likeness (QED) is 0.831. The zero-order valence-electron chi connectivity index (χ0n) is 11.1. The van der Waals surface area contributed by atoms with Gasteiger partial charge in [0.1, 0.15) is 0 Å². The maximum absolute atomic E-state index is 11.8. The Bertz CT molecular complexity index is 445. The lowest BCUT2D eigenvalue weighted by Gasteiger charge is -2.21. The molecule has 0 unspecified atom stereocenters. The summed E-state index contributed by atoms with van der Waals surface area (Å²) in [7, 11) is 0. The number of nitrogen functional groups attached to an aromatic ring is 1.